The summed E-state index contributed by atoms with van der Waals surface area (Å²) in [4.78, 5) is 10.3. The van der Waals surface area contributed by atoms with Crippen molar-refractivity contribution in [2.24, 2.45) is 5.92 Å². The molecule has 0 unspecified atom stereocenters. The van der Waals surface area contributed by atoms with Crippen LogP contribution in [-0.4, -0.2) is 11.1 Å². The number of carboxylic acid groups (broad SMARTS) is 1. The Morgan fingerprint density at radius 1 is 0.905 bits per heavy atom. The first-order valence-corrected chi connectivity index (χ1v) is 8.68. The molecule has 122 valence electrons. The molecule has 0 aliphatic heterocycles. The van der Waals surface area contributed by atoms with Gasteiger partial charge in [-0.1, -0.05) is 63.8 Å². The van der Waals surface area contributed by atoms with E-state index in [-0.39, 0.29) is 6.42 Å². The van der Waals surface area contributed by atoms with E-state index in [4.69, 9.17) is 5.11 Å². The maximum Gasteiger partial charge on any atom is 0.303 e. The predicted molar refractivity (Wildman–Crippen MR) is 91.5 cm³/mol. The average molecular weight is 294 g/mol. The first kappa shape index (κ1) is 19.9. The van der Waals surface area contributed by atoms with Crippen molar-refractivity contribution in [1.29, 1.82) is 0 Å². The molecular formula is C19H34O2. The number of aliphatic carboxylic acids is 1. The highest BCUT2D eigenvalue weighted by molar-refractivity contribution is 5.66. The molecule has 2 nitrogen and oxygen atoms in total. The second-order valence-corrected chi connectivity index (χ2v) is 5.96. The largest absolute Gasteiger partial charge is 0.481 e. The molecule has 0 fully saturated rings. The Labute approximate surface area is 131 Å². The zero-order chi connectivity index (χ0) is 15.8. The van der Waals surface area contributed by atoms with Crippen LogP contribution >= 0.6 is 0 Å². The van der Waals surface area contributed by atoms with Gasteiger partial charge in [0.15, 0.2) is 0 Å². The third-order valence-corrected chi connectivity index (χ3v) is 3.86. The minimum atomic E-state index is -0.699. The molecular weight excluding hydrogens is 260 g/mol. The Morgan fingerprint density at radius 2 is 1.48 bits per heavy atom. The minimum absolute atomic E-state index is 0.279. The quantitative estimate of drug-likeness (QED) is 0.309. The normalized spacial score (nSPS) is 13.2. The van der Waals surface area contributed by atoms with Crippen molar-refractivity contribution in [2.75, 3.05) is 0 Å². The second-order valence-electron chi connectivity index (χ2n) is 5.96. The van der Waals surface area contributed by atoms with Gasteiger partial charge in [-0.05, 0) is 44.4 Å². The van der Waals surface area contributed by atoms with Gasteiger partial charge in [-0.3, -0.25) is 4.79 Å². The molecule has 0 amide bonds. The molecule has 0 aromatic heterocycles. The van der Waals surface area contributed by atoms with E-state index in [1.54, 1.807) is 0 Å². The number of carboxylic acids is 1. The van der Waals surface area contributed by atoms with E-state index in [9.17, 15) is 4.79 Å². The molecule has 0 heterocycles. The van der Waals surface area contributed by atoms with E-state index in [0.29, 0.717) is 0 Å². The van der Waals surface area contributed by atoms with E-state index in [1.807, 2.05) is 0 Å². The second kappa shape index (κ2) is 15.3. The smallest absolute Gasteiger partial charge is 0.303 e. The van der Waals surface area contributed by atoms with Gasteiger partial charge in [0.05, 0.1) is 0 Å². The fraction of sp³-hybridized carbons (Fsp3) is 0.737. The van der Waals surface area contributed by atoms with Gasteiger partial charge in [0.25, 0.3) is 0 Å². The Balaban J connectivity index is 3.25. The molecule has 0 saturated heterocycles. The fourth-order valence-electron chi connectivity index (χ4n) is 2.17. The number of hydrogen-bond acceptors (Lipinski definition) is 1. The van der Waals surface area contributed by atoms with Gasteiger partial charge in [0.1, 0.15) is 0 Å². The third kappa shape index (κ3) is 16.9. The highest BCUT2D eigenvalue weighted by Crippen LogP contribution is 2.13. The minimum Gasteiger partial charge on any atom is -0.481 e. The molecule has 0 aromatic rings. The SMILES string of the molecule is CC[C@H](C)CCCCCC=CCCC=CCCCC(=O)O. The fourth-order valence-corrected chi connectivity index (χ4v) is 2.17. The summed E-state index contributed by atoms with van der Waals surface area (Å²) in [5.41, 5.74) is 0. The Hall–Kier alpha value is -1.05. The van der Waals surface area contributed by atoms with Gasteiger partial charge in [-0.15, -0.1) is 0 Å². The predicted octanol–water partition coefficient (Wildman–Crippen LogP) is 6.13. The summed E-state index contributed by atoms with van der Waals surface area (Å²) in [7, 11) is 0. The van der Waals surface area contributed by atoms with Gasteiger partial charge < -0.3 is 5.11 Å². The number of allylic oxidation sites excluding steroid dienone is 4. The lowest BCUT2D eigenvalue weighted by Gasteiger charge is -2.06. The highest BCUT2D eigenvalue weighted by atomic mass is 16.4. The molecule has 0 rings (SSSR count). The summed E-state index contributed by atoms with van der Waals surface area (Å²) < 4.78 is 0. The van der Waals surface area contributed by atoms with E-state index in [2.05, 4.69) is 38.2 Å². The van der Waals surface area contributed by atoms with Crippen molar-refractivity contribution < 1.29 is 9.90 Å². The van der Waals surface area contributed by atoms with Crippen LogP contribution in [0.1, 0.15) is 84.5 Å². The van der Waals surface area contributed by atoms with Crippen molar-refractivity contribution in [3.63, 3.8) is 0 Å². The van der Waals surface area contributed by atoms with Crippen LogP contribution in [0.5, 0.6) is 0 Å². The summed E-state index contributed by atoms with van der Waals surface area (Å²) in [5, 5.41) is 8.50. The maximum atomic E-state index is 10.3. The molecule has 21 heavy (non-hydrogen) atoms. The molecule has 0 radical (unpaired) electrons. The van der Waals surface area contributed by atoms with Gasteiger partial charge >= 0.3 is 5.97 Å². The monoisotopic (exact) mass is 294 g/mol. The highest BCUT2D eigenvalue weighted by Gasteiger charge is 1.97. The van der Waals surface area contributed by atoms with Crippen molar-refractivity contribution in [3.05, 3.63) is 24.3 Å². The van der Waals surface area contributed by atoms with Crippen molar-refractivity contribution in [2.45, 2.75) is 84.5 Å². The molecule has 0 spiro atoms. The van der Waals surface area contributed by atoms with Gasteiger partial charge in [0.2, 0.25) is 0 Å². The number of unbranched alkanes of at least 4 members (excludes halogenated alkanes) is 5. The summed E-state index contributed by atoms with van der Waals surface area (Å²) in [6, 6.07) is 0. The third-order valence-electron chi connectivity index (χ3n) is 3.86. The first-order valence-electron chi connectivity index (χ1n) is 8.68. The molecule has 0 aromatic carbocycles. The lowest BCUT2D eigenvalue weighted by Crippen LogP contribution is -1.92. The van der Waals surface area contributed by atoms with Crippen LogP contribution in [0.4, 0.5) is 0 Å². The van der Waals surface area contributed by atoms with E-state index in [1.165, 1.54) is 38.5 Å². The number of carbonyl (C=O) groups is 1. The van der Waals surface area contributed by atoms with Gasteiger partial charge in [-0.25, -0.2) is 0 Å². The zero-order valence-electron chi connectivity index (χ0n) is 14.0. The van der Waals surface area contributed by atoms with Crippen LogP contribution in [0.15, 0.2) is 24.3 Å². The Bertz CT molecular complexity index is 292. The maximum absolute atomic E-state index is 10.3. The molecule has 0 saturated carbocycles. The molecule has 2 heteroatoms. The van der Waals surface area contributed by atoms with Crippen LogP contribution < -0.4 is 0 Å². The van der Waals surface area contributed by atoms with E-state index >= 15 is 0 Å². The number of rotatable bonds is 14. The molecule has 0 aliphatic carbocycles. The van der Waals surface area contributed by atoms with Crippen LogP contribution in [0.2, 0.25) is 0 Å². The molecule has 0 aliphatic rings. The lowest BCUT2D eigenvalue weighted by molar-refractivity contribution is -0.137. The van der Waals surface area contributed by atoms with Crippen molar-refractivity contribution >= 4 is 5.97 Å². The van der Waals surface area contributed by atoms with Gasteiger partial charge in [0, 0.05) is 6.42 Å². The first-order chi connectivity index (χ1) is 10.2. The van der Waals surface area contributed by atoms with Crippen LogP contribution in [0, 0.1) is 5.92 Å². The summed E-state index contributed by atoms with van der Waals surface area (Å²) >= 11 is 0. The zero-order valence-corrected chi connectivity index (χ0v) is 14.0. The van der Waals surface area contributed by atoms with Crippen molar-refractivity contribution in [3.8, 4) is 0 Å². The Morgan fingerprint density at radius 3 is 2.05 bits per heavy atom. The summed E-state index contributed by atoms with van der Waals surface area (Å²) in [6.07, 6.45) is 20.9. The molecule has 1 atom stereocenters. The van der Waals surface area contributed by atoms with Gasteiger partial charge in [-0.2, -0.15) is 0 Å². The molecule has 0 bridgehead atoms. The van der Waals surface area contributed by atoms with Crippen molar-refractivity contribution in [1.82, 2.24) is 0 Å². The molecule has 1 N–H and O–H groups in total. The van der Waals surface area contributed by atoms with E-state index in [0.717, 1.165) is 31.6 Å². The van der Waals surface area contributed by atoms with Crippen LogP contribution in [-0.2, 0) is 4.79 Å². The topological polar surface area (TPSA) is 37.3 Å². The average Bonchev–Trinajstić information content (AvgIpc) is 2.46. The number of hydrogen-bond donors (Lipinski definition) is 1. The van der Waals surface area contributed by atoms with Crippen LogP contribution in [0.25, 0.3) is 0 Å². The summed E-state index contributed by atoms with van der Waals surface area (Å²) in [5.74, 6) is 0.193. The summed E-state index contributed by atoms with van der Waals surface area (Å²) in [6.45, 7) is 4.61. The van der Waals surface area contributed by atoms with E-state index < -0.39 is 5.97 Å². The lowest BCUT2D eigenvalue weighted by atomic mass is 10.0. The van der Waals surface area contributed by atoms with Crippen LogP contribution in [0.3, 0.4) is 0 Å². The standard InChI is InChI=1S/C19H34O2/c1-3-18(2)16-14-12-10-8-6-4-5-7-9-11-13-15-17-19(20)21/h4,6,9,11,18H,3,5,7-8,10,12-17H2,1-2H3,(H,20,21)/t18-/m0/s1. The Kier molecular flexibility index (Phi) is 14.6.